The van der Waals surface area contributed by atoms with Crippen LogP contribution in [-0.4, -0.2) is 29.4 Å². The molecule has 5 heteroatoms. The van der Waals surface area contributed by atoms with Gasteiger partial charge in [-0.15, -0.1) is 0 Å². The third-order valence-corrected chi connectivity index (χ3v) is 5.45. The van der Waals surface area contributed by atoms with E-state index in [2.05, 4.69) is 24.6 Å². The zero-order chi connectivity index (χ0) is 20.6. The van der Waals surface area contributed by atoms with E-state index in [9.17, 15) is 4.79 Å². The van der Waals surface area contributed by atoms with Crippen LogP contribution in [-0.2, 0) is 0 Å². The molecule has 0 atom stereocenters. The summed E-state index contributed by atoms with van der Waals surface area (Å²) in [6.45, 7) is 4.61. The molecule has 0 aliphatic rings. The van der Waals surface area contributed by atoms with Crippen LogP contribution >= 0.6 is 11.8 Å². The number of ether oxygens (including phenoxy) is 1. The van der Waals surface area contributed by atoms with E-state index in [1.54, 1.807) is 11.8 Å². The fourth-order valence-electron chi connectivity index (χ4n) is 3.25. The Balaban J connectivity index is 2.14. The predicted molar refractivity (Wildman–Crippen MR) is 124 cm³/mol. The van der Waals surface area contributed by atoms with Gasteiger partial charge in [-0.1, -0.05) is 43.3 Å². The molecule has 29 heavy (non-hydrogen) atoms. The minimum atomic E-state index is 0.0571. The van der Waals surface area contributed by atoms with E-state index in [1.165, 1.54) is 0 Å². The summed E-state index contributed by atoms with van der Waals surface area (Å²) in [6, 6.07) is 16.0. The normalized spacial score (nSPS) is 10.9. The van der Waals surface area contributed by atoms with Crippen LogP contribution < -0.4 is 10.1 Å². The number of nitrogens with one attached hydrogen (secondary N) is 1. The van der Waals surface area contributed by atoms with Gasteiger partial charge in [0, 0.05) is 17.5 Å². The molecule has 0 spiro atoms. The highest BCUT2D eigenvalue weighted by molar-refractivity contribution is 7.98. The quantitative estimate of drug-likeness (QED) is 0.311. The Labute approximate surface area is 177 Å². The molecule has 3 rings (SSSR count). The second-order valence-corrected chi connectivity index (χ2v) is 7.98. The SMILES string of the molecule is CCCC(=O)c1c(OCCCSC)nc2ccccc2c1Nc1ccccc1C. The lowest BCUT2D eigenvalue weighted by molar-refractivity contribution is 0.0978. The molecular formula is C24H28N2O2S. The number of thioether (sulfide) groups is 1. The first-order chi connectivity index (χ1) is 14.2. The summed E-state index contributed by atoms with van der Waals surface area (Å²) in [6.07, 6.45) is 4.23. The smallest absolute Gasteiger partial charge is 0.227 e. The molecule has 1 aromatic heterocycles. The summed E-state index contributed by atoms with van der Waals surface area (Å²) in [5.74, 6) is 1.50. The van der Waals surface area contributed by atoms with Gasteiger partial charge in [-0.2, -0.15) is 11.8 Å². The van der Waals surface area contributed by atoms with Gasteiger partial charge in [-0.05, 0) is 49.5 Å². The predicted octanol–water partition coefficient (Wildman–Crippen LogP) is 6.40. The fraction of sp³-hybridized carbons (Fsp3) is 0.333. The van der Waals surface area contributed by atoms with E-state index in [1.807, 2.05) is 49.4 Å². The van der Waals surface area contributed by atoms with Crippen LogP contribution in [0.4, 0.5) is 11.4 Å². The molecule has 3 aromatic rings. The maximum Gasteiger partial charge on any atom is 0.227 e. The topological polar surface area (TPSA) is 51.2 Å². The minimum absolute atomic E-state index is 0.0571. The Kier molecular flexibility index (Phi) is 7.53. The number of fused-ring (bicyclic) bond motifs is 1. The summed E-state index contributed by atoms with van der Waals surface area (Å²) >= 11 is 1.78. The van der Waals surface area contributed by atoms with E-state index in [0.717, 1.165) is 46.4 Å². The number of aromatic nitrogens is 1. The van der Waals surface area contributed by atoms with Gasteiger partial charge in [0.05, 0.1) is 17.8 Å². The number of ketones is 1. The zero-order valence-electron chi connectivity index (χ0n) is 17.3. The Morgan fingerprint density at radius 1 is 1.14 bits per heavy atom. The Hall–Kier alpha value is -2.53. The first kappa shape index (κ1) is 21.2. The third-order valence-electron chi connectivity index (χ3n) is 4.75. The number of nitrogens with zero attached hydrogens (tertiary/aromatic N) is 1. The molecule has 0 aliphatic heterocycles. The highest BCUT2D eigenvalue weighted by Crippen LogP contribution is 2.36. The van der Waals surface area contributed by atoms with Crippen molar-refractivity contribution in [1.29, 1.82) is 0 Å². The monoisotopic (exact) mass is 408 g/mol. The number of carbonyl (C=O) groups is 1. The van der Waals surface area contributed by atoms with Crippen LogP contribution in [0.1, 0.15) is 42.1 Å². The molecular weight excluding hydrogens is 380 g/mol. The maximum absolute atomic E-state index is 13.1. The number of benzene rings is 2. The van der Waals surface area contributed by atoms with Gasteiger partial charge < -0.3 is 10.1 Å². The number of anilines is 2. The largest absolute Gasteiger partial charge is 0.477 e. The van der Waals surface area contributed by atoms with Crippen molar-refractivity contribution in [3.8, 4) is 5.88 Å². The van der Waals surface area contributed by atoms with Crippen LogP contribution in [0.3, 0.4) is 0 Å². The summed E-state index contributed by atoms with van der Waals surface area (Å²) in [7, 11) is 0. The lowest BCUT2D eigenvalue weighted by Gasteiger charge is -2.19. The number of para-hydroxylation sites is 2. The van der Waals surface area contributed by atoms with E-state index in [0.29, 0.717) is 24.5 Å². The van der Waals surface area contributed by atoms with Crippen molar-refractivity contribution in [1.82, 2.24) is 4.98 Å². The van der Waals surface area contributed by atoms with E-state index in [4.69, 9.17) is 9.72 Å². The van der Waals surface area contributed by atoms with Gasteiger partial charge in [0.15, 0.2) is 5.78 Å². The molecule has 152 valence electrons. The number of hydrogen-bond donors (Lipinski definition) is 1. The molecule has 0 fully saturated rings. The first-order valence-electron chi connectivity index (χ1n) is 10.1. The Morgan fingerprint density at radius 2 is 1.90 bits per heavy atom. The molecule has 0 radical (unpaired) electrons. The van der Waals surface area contributed by atoms with Gasteiger partial charge in [0.1, 0.15) is 5.56 Å². The number of aryl methyl sites for hydroxylation is 1. The Morgan fingerprint density at radius 3 is 2.66 bits per heavy atom. The van der Waals surface area contributed by atoms with Gasteiger partial charge in [-0.3, -0.25) is 4.79 Å². The maximum atomic E-state index is 13.1. The molecule has 2 aromatic carbocycles. The van der Waals surface area contributed by atoms with E-state index < -0.39 is 0 Å². The van der Waals surface area contributed by atoms with Crippen LogP contribution in [0.2, 0.25) is 0 Å². The molecule has 0 saturated carbocycles. The highest BCUT2D eigenvalue weighted by atomic mass is 32.2. The summed E-state index contributed by atoms with van der Waals surface area (Å²) < 4.78 is 6.04. The van der Waals surface area contributed by atoms with Gasteiger partial charge >= 0.3 is 0 Å². The standard InChI is InChI=1S/C24H28N2O2S/c1-4-10-21(27)22-23(25-19-13-7-5-11-17(19)2)18-12-6-8-14-20(18)26-24(22)28-15-9-16-29-3/h5-8,11-14H,4,9-10,15-16H2,1-3H3,(H,25,26). The molecule has 0 bridgehead atoms. The molecule has 1 N–H and O–H groups in total. The Bertz CT molecular complexity index is 988. The summed E-state index contributed by atoms with van der Waals surface area (Å²) in [5, 5.41) is 4.44. The summed E-state index contributed by atoms with van der Waals surface area (Å²) in [4.78, 5) is 17.8. The van der Waals surface area contributed by atoms with Crippen molar-refractivity contribution < 1.29 is 9.53 Å². The number of carbonyl (C=O) groups excluding carboxylic acids is 1. The van der Waals surface area contributed by atoms with Crippen molar-refractivity contribution >= 4 is 39.8 Å². The molecule has 0 aliphatic carbocycles. The van der Waals surface area contributed by atoms with Crippen molar-refractivity contribution in [2.75, 3.05) is 23.9 Å². The average molecular weight is 409 g/mol. The highest BCUT2D eigenvalue weighted by Gasteiger charge is 2.22. The number of hydrogen-bond acceptors (Lipinski definition) is 5. The minimum Gasteiger partial charge on any atom is -0.477 e. The third kappa shape index (κ3) is 5.10. The number of pyridine rings is 1. The van der Waals surface area contributed by atoms with Crippen LogP contribution in [0.25, 0.3) is 10.9 Å². The average Bonchev–Trinajstić information content (AvgIpc) is 2.73. The lowest BCUT2D eigenvalue weighted by Crippen LogP contribution is -2.11. The van der Waals surface area contributed by atoms with Crippen molar-refractivity contribution in [3.63, 3.8) is 0 Å². The molecule has 1 heterocycles. The second-order valence-electron chi connectivity index (χ2n) is 6.99. The van der Waals surface area contributed by atoms with Crippen LogP contribution in [0.15, 0.2) is 48.5 Å². The van der Waals surface area contributed by atoms with Crippen molar-refractivity contribution in [3.05, 3.63) is 59.7 Å². The lowest BCUT2D eigenvalue weighted by atomic mass is 10.0. The summed E-state index contributed by atoms with van der Waals surface area (Å²) in [5.41, 5.74) is 4.24. The van der Waals surface area contributed by atoms with Crippen molar-refractivity contribution in [2.45, 2.75) is 33.1 Å². The molecule has 0 unspecified atom stereocenters. The van der Waals surface area contributed by atoms with Gasteiger partial charge in [-0.25, -0.2) is 4.98 Å². The van der Waals surface area contributed by atoms with Crippen molar-refractivity contribution in [2.24, 2.45) is 0 Å². The van der Waals surface area contributed by atoms with E-state index >= 15 is 0 Å². The zero-order valence-corrected chi connectivity index (χ0v) is 18.1. The van der Waals surface area contributed by atoms with Gasteiger partial charge in [0.2, 0.25) is 5.88 Å². The van der Waals surface area contributed by atoms with Gasteiger partial charge in [0.25, 0.3) is 0 Å². The number of rotatable bonds is 10. The second kappa shape index (κ2) is 10.3. The molecule has 4 nitrogen and oxygen atoms in total. The van der Waals surface area contributed by atoms with E-state index in [-0.39, 0.29) is 5.78 Å². The van der Waals surface area contributed by atoms with Crippen LogP contribution in [0.5, 0.6) is 5.88 Å². The first-order valence-corrected chi connectivity index (χ1v) is 11.5. The molecule has 0 amide bonds. The van der Waals surface area contributed by atoms with Crippen LogP contribution in [0, 0.1) is 6.92 Å². The molecule has 0 saturated heterocycles. The fourth-order valence-corrected chi connectivity index (χ4v) is 3.66. The number of Topliss-reactive ketones (excluding diaryl/α,β-unsaturated/α-hetero) is 1.